The Labute approximate surface area is 206 Å². The van der Waals surface area contributed by atoms with E-state index in [0.29, 0.717) is 52.9 Å². The first-order valence-corrected chi connectivity index (χ1v) is 12.0. The van der Waals surface area contributed by atoms with Gasteiger partial charge in [0.15, 0.2) is 11.3 Å². The van der Waals surface area contributed by atoms with Crippen LogP contribution in [0.15, 0.2) is 60.9 Å². The first-order chi connectivity index (χ1) is 17.5. The smallest absolute Gasteiger partial charge is 0.344 e. The molecule has 0 spiro atoms. The van der Waals surface area contributed by atoms with E-state index >= 15 is 0 Å². The fraction of sp³-hybridized carbons (Fsp3) is 0.333. The molecule has 2 aromatic heterocycles. The molecule has 9 heteroatoms. The molecule has 2 aromatic carbocycles. The number of β-amino-alcohol motifs (C(OH)–C–C–N with tert-alkyl or cyclic N) is 1. The summed E-state index contributed by atoms with van der Waals surface area (Å²) < 4.78 is 16.8. The molecule has 188 valence electrons. The molecule has 0 unspecified atom stereocenters. The summed E-state index contributed by atoms with van der Waals surface area (Å²) in [6.07, 6.45) is 0. The third-order valence-corrected chi connectivity index (χ3v) is 6.57. The highest BCUT2D eigenvalue weighted by atomic mass is 16.5. The minimum atomic E-state index is -0.625. The van der Waals surface area contributed by atoms with E-state index in [-0.39, 0.29) is 23.5 Å². The van der Waals surface area contributed by atoms with Crippen LogP contribution in [0, 0.1) is 0 Å². The van der Waals surface area contributed by atoms with Crippen LogP contribution >= 0.6 is 0 Å². The van der Waals surface area contributed by atoms with E-state index in [1.54, 1.807) is 24.3 Å². The highest BCUT2D eigenvalue weighted by Gasteiger charge is 2.22. The van der Waals surface area contributed by atoms with Crippen molar-refractivity contribution in [1.82, 2.24) is 9.80 Å². The van der Waals surface area contributed by atoms with E-state index in [2.05, 4.69) is 9.80 Å². The average Bonchev–Trinajstić information content (AvgIpc) is 2.87. The van der Waals surface area contributed by atoms with Crippen LogP contribution in [-0.2, 0) is 6.54 Å². The number of phenols is 1. The summed E-state index contributed by atoms with van der Waals surface area (Å²) in [6.45, 7) is 6.49. The normalized spacial score (nSPS) is 15.1. The van der Waals surface area contributed by atoms with E-state index < -0.39 is 11.3 Å². The van der Waals surface area contributed by atoms with Gasteiger partial charge in [0.05, 0.1) is 24.3 Å². The molecule has 4 aromatic rings. The van der Waals surface area contributed by atoms with E-state index in [1.807, 2.05) is 19.1 Å². The highest BCUT2D eigenvalue weighted by molar-refractivity contribution is 5.97. The summed E-state index contributed by atoms with van der Waals surface area (Å²) in [7, 11) is 0. The lowest BCUT2D eigenvalue weighted by molar-refractivity contribution is 0.108. The number of fused-ring (bicyclic) bond motifs is 2. The largest absolute Gasteiger partial charge is 0.507 e. The zero-order chi connectivity index (χ0) is 25.2. The molecule has 0 atom stereocenters. The summed E-state index contributed by atoms with van der Waals surface area (Å²) in [5, 5.41) is 21.0. The standard InChI is InChI=1S/C27H28N2O7/c1-2-34-23-5-3-4-17-14-20(27(33)36-25(17)23)19-15-24(32)35-26-18(19)6-7-22(31)21(26)16-29-10-8-28(9-11-29)12-13-30/h3-7,14-15,30-31H,2,8-13,16H2,1H3. The van der Waals surface area contributed by atoms with E-state index in [0.717, 1.165) is 26.2 Å². The van der Waals surface area contributed by atoms with Gasteiger partial charge in [0.25, 0.3) is 0 Å². The summed E-state index contributed by atoms with van der Waals surface area (Å²) in [5.41, 5.74) is 0.467. The number of benzene rings is 2. The van der Waals surface area contributed by atoms with Gasteiger partial charge in [0.1, 0.15) is 11.3 Å². The zero-order valence-electron chi connectivity index (χ0n) is 20.0. The molecule has 3 heterocycles. The Morgan fingerprint density at radius 1 is 0.944 bits per heavy atom. The molecular weight excluding hydrogens is 464 g/mol. The minimum absolute atomic E-state index is 0.0208. The SMILES string of the molecule is CCOc1cccc2cc(-c3cc(=O)oc4c(CN5CCN(CCO)CC5)c(O)ccc34)c(=O)oc12. The lowest BCUT2D eigenvalue weighted by atomic mass is 9.99. The molecule has 9 nitrogen and oxygen atoms in total. The maximum absolute atomic E-state index is 13.1. The van der Waals surface area contributed by atoms with Gasteiger partial charge in [-0.15, -0.1) is 0 Å². The number of ether oxygens (including phenoxy) is 1. The second kappa shape index (κ2) is 10.1. The van der Waals surface area contributed by atoms with Crippen molar-refractivity contribution in [3.05, 3.63) is 68.9 Å². The van der Waals surface area contributed by atoms with Crippen molar-refractivity contribution in [1.29, 1.82) is 0 Å². The van der Waals surface area contributed by atoms with Crippen LogP contribution < -0.4 is 16.0 Å². The molecule has 0 aliphatic carbocycles. The predicted molar refractivity (Wildman–Crippen MR) is 136 cm³/mol. The molecule has 1 aliphatic heterocycles. The summed E-state index contributed by atoms with van der Waals surface area (Å²) >= 11 is 0. The van der Waals surface area contributed by atoms with Gasteiger partial charge < -0.3 is 23.8 Å². The second-order valence-corrected chi connectivity index (χ2v) is 8.82. The summed E-state index contributed by atoms with van der Waals surface area (Å²) in [4.78, 5) is 30.0. The summed E-state index contributed by atoms with van der Waals surface area (Å²) in [6, 6.07) is 11.5. The molecule has 2 N–H and O–H groups in total. The van der Waals surface area contributed by atoms with Crippen molar-refractivity contribution in [2.75, 3.05) is 45.9 Å². The number of aliphatic hydroxyl groups is 1. The van der Waals surface area contributed by atoms with Crippen LogP contribution in [0.1, 0.15) is 12.5 Å². The van der Waals surface area contributed by atoms with Crippen molar-refractivity contribution in [2.24, 2.45) is 0 Å². The fourth-order valence-electron chi connectivity index (χ4n) is 4.76. The van der Waals surface area contributed by atoms with Crippen LogP contribution in [-0.4, -0.2) is 66.0 Å². The minimum Gasteiger partial charge on any atom is -0.507 e. The number of aromatic hydroxyl groups is 1. The molecule has 1 fully saturated rings. The molecule has 0 saturated carbocycles. The number of aliphatic hydroxyl groups excluding tert-OH is 1. The monoisotopic (exact) mass is 492 g/mol. The zero-order valence-corrected chi connectivity index (χ0v) is 20.0. The van der Waals surface area contributed by atoms with Gasteiger partial charge in [-0.2, -0.15) is 0 Å². The first kappa shape index (κ1) is 24.1. The van der Waals surface area contributed by atoms with Crippen molar-refractivity contribution in [3.8, 4) is 22.6 Å². The Bertz CT molecular complexity index is 1520. The van der Waals surface area contributed by atoms with Gasteiger partial charge in [-0.25, -0.2) is 9.59 Å². The Balaban J connectivity index is 1.59. The molecule has 1 saturated heterocycles. The van der Waals surface area contributed by atoms with Crippen molar-refractivity contribution < 1.29 is 23.8 Å². The van der Waals surface area contributed by atoms with E-state index in [4.69, 9.17) is 13.6 Å². The quantitative estimate of drug-likeness (QED) is 0.376. The lowest BCUT2D eigenvalue weighted by Gasteiger charge is -2.34. The van der Waals surface area contributed by atoms with Crippen molar-refractivity contribution >= 4 is 21.9 Å². The lowest BCUT2D eigenvalue weighted by Crippen LogP contribution is -2.46. The Morgan fingerprint density at radius 3 is 2.47 bits per heavy atom. The maximum atomic E-state index is 13.1. The number of hydrogen-bond acceptors (Lipinski definition) is 9. The van der Waals surface area contributed by atoms with Crippen LogP contribution in [0.2, 0.25) is 0 Å². The number of rotatable bonds is 7. The topological polar surface area (TPSA) is 117 Å². The maximum Gasteiger partial charge on any atom is 0.344 e. The molecule has 5 rings (SSSR count). The molecule has 0 radical (unpaired) electrons. The molecule has 0 amide bonds. The number of piperazine rings is 1. The van der Waals surface area contributed by atoms with E-state index in [9.17, 15) is 19.8 Å². The van der Waals surface area contributed by atoms with Crippen LogP contribution in [0.25, 0.3) is 33.1 Å². The Kier molecular flexibility index (Phi) is 6.77. The molecule has 1 aliphatic rings. The van der Waals surface area contributed by atoms with E-state index in [1.165, 1.54) is 6.07 Å². The predicted octanol–water partition coefficient (Wildman–Crippen LogP) is 2.78. The third kappa shape index (κ3) is 4.60. The van der Waals surface area contributed by atoms with Crippen LogP contribution in [0.4, 0.5) is 0 Å². The van der Waals surface area contributed by atoms with Gasteiger partial charge in [-0.1, -0.05) is 12.1 Å². The summed E-state index contributed by atoms with van der Waals surface area (Å²) in [5.74, 6) is 0.495. The van der Waals surface area contributed by atoms with Gasteiger partial charge in [-0.3, -0.25) is 9.80 Å². The van der Waals surface area contributed by atoms with Crippen molar-refractivity contribution in [3.63, 3.8) is 0 Å². The molecule has 0 bridgehead atoms. The van der Waals surface area contributed by atoms with Gasteiger partial charge >= 0.3 is 11.3 Å². The molecular formula is C27H28N2O7. The second-order valence-electron chi connectivity index (χ2n) is 8.82. The van der Waals surface area contributed by atoms with Crippen molar-refractivity contribution in [2.45, 2.75) is 13.5 Å². The fourth-order valence-corrected chi connectivity index (χ4v) is 4.76. The Morgan fingerprint density at radius 2 is 1.72 bits per heavy atom. The van der Waals surface area contributed by atoms with Crippen LogP contribution in [0.3, 0.4) is 0 Å². The number of phenolic OH excluding ortho intramolecular Hbond substituents is 1. The van der Waals surface area contributed by atoms with Gasteiger partial charge in [0.2, 0.25) is 0 Å². The van der Waals surface area contributed by atoms with Gasteiger partial charge in [-0.05, 0) is 31.2 Å². The third-order valence-electron chi connectivity index (χ3n) is 6.57. The van der Waals surface area contributed by atoms with Crippen LogP contribution in [0.5, 0.6) is 11.5 Å². The molecule has 36 heavy (non-hydrogen) atoms. The number of para-hydroxylation sites is 1. The van der Waals surface area contributed by atoms with Gasteiger partial charge in [0, 0.05) is 61.7 Å². The average molecular weight is 493 g/mol. The number of hydrogen-bond donors (Lipinski definition) is 2. The number of nitrogens with zero attached hydrogens (tertiary/aromatic N) is 2. The Hall–Kier alpha value is -3.66. The first-order valence-electron chi connectivity index (χ1n) is 12.0. The highest BCUT2D eigenvalue weighted by Crippen LogP contribution is 2.34.